The van der Waals surface area contributed by atoms with Crippen LogP contribution in [0, 0.1) is 22.1 Å². The molecular weight excluding hydrogens is 495 g/mol. The quantitative estimate of drug-likeness (QED) is 0.403. The van der Waals surface area contributed by atoms with Gasteiger partial charge in [0.05, 0.1) is 5.69 Å². The van der Waals surface area contributed by atoms with E-state index in [2.05, 4.69) is 43.1 Å². The summed E-state index contributed by atoms with van der Waals surface area (Å²) >= 11 is 2.10. The summed E-state index contributed by atoms with van der Waals surface area (Å²) in [6.07, 6.45) is 0. The monoisotopic (exact) mass is 507 g/mol. The SMILES string of the molecule is Cc1cc(I)ccc1Nc1c(-c2n[nH]c(=O)[nH]2)cc(S(N)(=O)=O)c(F)c1F. The Hall–Kier alpha value is -2.32. The third kappa shape index (κ3) is 3.86. The summed E-state index contributed by atoms with van der Waals surface area (Å²) < 4.78 is 53.2. The molecule has 0 aliphatic carbocycles. The molecule has 0 bridgehead atoms. The predicted molar refractivity (Wildman–Crippen MR) is 103 cm³/mol. The van der Waals surface area contributed by atoms with E-state index in [4.69, 9.17) is 5.14 Å². The first-order chi connectivity index (χ1) is 12.6. The third-order valence-electron chi connectivity index (χ3n) is 3.68. The van der Waals surface area contributed by atoms with Gasteiger partial charge in [0.2, 0.25) is 10.0 Å². The molecule has 142 valence electrons. The number of nitrogens with zero attached hydrogens (tertiary/aromatic N) is 1. The van der Waals surface area contributed by atoms with Crippen molar-refractivity contribution in [2.45, 2.75) is 11.8 Å². The van der Waals surface area contributed by atoms with Crippen LogP contribution in [0.3, 0.4) is 0 Å². The standard InChI is InChI=1S/C15H12F2IN5O3S/c1-6-4-7(18)2-3-9(6)20-13-8(14-21-15(24)23-22-14)5-10(27(19,25)26)11(16)12(13)17/h2-5,20H,1H3,(H2,19,25,26)(H2,21,22,23,24). The van der Waals surface area contributed by atoms with E-state index in [9.17, 15) is 22.0 Å². The van der Waals surface area contributed by atoms with Crippen LogP contribution in [0.25, 0.3) is 11.4 Å². The molecule has 8 nitrogen and oxygen atoms in total. The Labute approximate surface area is 165 Å². The lowest BCUT2D eigenvalue weighted by Gasteiger charge is -2.16. The average Bonchev–Trinajstić information content (AvgIpc) is 2.99. The van der Waals surface area contributed by atoms with E-state index in [1.54, 1.807) is 19.1 Å². The van der Waals surface area contributed by atoms with Gasteiger partial charge in [0.25, 0.3) is 0 Å². The van der Waals surface area contributed by atoms with Crippen LogP contribution in [0.4, 0.5) is 20.2 Å². The number of nitrogens with two attached hydrogens (primary N) is 1. The molecule has 12 heteroatoms. The van der Waals surface area contributed by atoms with Crippen LogP contribution in [0.2, 0.25) is 0 Å². The normalized spacial score (nSPS) is 11.6. The number of anilines is 2. The number of benzene rings is 2. The first-order valence-electron chi connectivity index (χ1n) is 7.31. The van der Waals surface area contributed by atoms with Crippen LogP contribution in [-0.4, -0.2) is 23.6 Å². The van der Waals surface area contributed by atoms with Gasteiger partial charge in [-0.2, -0.15) is 5.10 Å². The molecule has 1 aromatic heterocycles. The smallest absolute Gasteiger partial charge is 0.340 e. The Balaban J connectivity index is 2.28. The van der Waals surface area contributed by atoms with Crippen LogP contribution in [0.1, 0.15) is 5.56 Å². The molecule has 0 spiro atoms. The second-order valence-electron chi connectivity index (χ2n) is 5.58. The van der Waals surface area contributed by atoms with Gasteiger partial charge in [-0.05, 0) is 59.3 Å². The highest BCUT2D eigenvalue weighted by Crippen LogP contribution is 2.36. The number of hydrogen-bond acceptors (Lipinski definition) is 5. The summed E-state index contributed by atoms with van der Waals surface area (Å²) in [6, 6.07) is 6.02. The van der Waals surface area contributed by atoms with E-state index in [-0.39, 0.29) is 11.4 Å². The number of nitrogens with one attached hydrogen (secondary N) is 3. The number of rotatable bonds is 4. The van der Waals surface area contributed by atoms with Crippen LogP contribution in [0.5, 0.6) is 0 Å². The molecule has 0 radical (unpaired) electrons. The van der Waals surface area contributed by atoms with Crippen LogP contribution < -0.4 is 16.1 Å². The lowest BCUT2D eigenvalue weighted by Crippen LogP contribution is -2.16. The number of aromatic nitrogens is 3. The second-order valence-corrected chi connectivity index (χ2v) is 8.36. The van der Waals surface area contributed by atoms with Gasteiger partial charge in [-0.3, -0.25) is 4.98 Å². The van der Waals surface area contributed by atoms with Crippen molar-refractivity contribution in [1.29, 1.82) is 0 Å². The number of hydrogen-bond donors (Lipinski definition) is 4. The fourth-order valence-corrected chi connectivity index (χ4v) is 3.69. The maximum absolute atomic E-state index is 14.8. The number of aromatic amines is 2. The van der Waals surface area contributed by atoms with Gasteiger partial charge in [0, 0.05) is 14.8 Å². The molecule has 0 unspecified atom stereocenters. The van der Waals surface area contributed by atoms with Crippen LogP contribution in [-0.2, 0) is 10.0 Å². The van der Waals surface area contributed by atoms with Gasteiger partial charge < -0.3 is 5.32 Å². The van der Waals surface area contributed by atoms with Gasteiger partial charge in [0.1, 0.15) is 4.90 Å². The molecule has 0 aliphatic rings. The molecule has 2 aromatic carbocycles. The predicted octanol–water partition coefficient (Wildman–Crippen LogP) is 2.35. The molecule has 0 saturated heterocycles. The Bertz CT molecular complexity index is 1210. The van der Waals surface area contributed by atoms with E-state index in [1.807, 2.05) is 6.07 Å². The third-order valence-corrected chi connectivity index (χ3v) is 5.27. The number of halogens is 3. The minimum absolute atomic E-state index is 0.186. The maximum atomic E-state index is 14.8. The number of primary sulfonamides is 1. The van der Waals surface area contributed by atoms with Crippen molar-refractivity contribution in [3.8, 4) is 11.4 Å². The topological polar surface area (TPSA) is 134 Å². The molecule has 27 heavy (non-hydrogen) atoms. The van der Waals surface area contributed by atoms with Crippen molar-refractivity contribution < 1.29 is 17.2 Å². The van der Waals surface area contributed by atoms with E-state index in [0.29, 0.717) is 5.69 Å². The minimum Gasteiger partial charge on any atom is -0.352 e. The largest absolute Gasteiger partial charge is 0.352 e. The van der Waals surface area contributed by atoms with Crippen molar-refractivity contribution >= 4 is 44.0 Å². The summed E-state index contributed by atoms with van der Waals surface area (Å²) in [6.45, 7) is 1.76. The molecule has 0 fully saturated rings. The number of sulfonamides is 1. The minimum atomic E-state index is -4.56. The van der Waals surface area contributed by atoms with Crippen LogP contribution >= 0.6 is 22.6 Å². The summed E-state index contributed by atoms with van der Waals surface area (Å²) in [5.74, 6) is -3.29. The Kier molecular flexibility index (Phi) is 5.05. The Morgan fingerprint density at radius 2 is 1.93 bits per heavy atom. The molecule has 5 N–H and O–H groups in total. The summed E-state index contributed by atoms with van der Waals surface area (Å²) in [5.41, 5.74) is -0.0978. The number of aryl methyl sites for hydroxylation is 1. The summed E-state index contributed by atoms with van der Waals surface area (Å²) in [7, 11) is -4.56. The zero-order valence-corrected chi connectivity index (χ0v) is 16.6. The molecule has 3 rings (SSSR count). The fourth-order valence-electron chi connectivity index (χ4n) is 2.42. The molecule has 0 amide bonds. The first kappa shape index (κ1) is 19.4. The fraction of sp³-hybridized carbons (Fsp3) is 0.0667. The second kappa shape index (κ2) is 7.01. The van der Waals surface area contributed by atoms with Gasteiger partial charge in [0.15, 0.2) is 17.5 Å². The van der Waals surface area contributed by atoms with Gasteiger partial charge in [-0.15, -0.1) is 0 Å². The molecule has 0 atom stereocenters. The Morgan fingerprint density at radius 1 is 1.22 bits per heavy atom. The highest BCUT2D eigenvalue weighted by Gasteiger charge is 2.26. The summed E-state index contributed by atoms with van der Waals surface area (Å²) in [5, 5.41) is 13.4. The number of H-pyrrole nitrogens is 2. The molecule has 0 saturated carbocycles. The molecule has 1 heterocycles. The highest BCUT2D eigenvalue weighted by atomic mass is 127. The van der Waals surface area contributed by atoms with Crippen LogP contribution in [0.15, 0.2) is 34.0 Å². The maximum Gasteiger partial charge on any atom is 0.340 e. The lowest BCUT2D eigenvalue weighted by atomic mass is 10.1. The van der Waals surface area contributed by atoms with Gasteiger partial charge in [-0.25, -0.2) is 32.2 Å². The zero-order valence-electron chi connectivity index (χ0n) is 13.6. The summed E-state index contributed by atoms with van der Waals surface area (Å²) in [4.78, 5) is 12.6. The van der Waals surface area contributed by atoms with Gasteiger partial charge >= 0.3 is 5.69 Å². The van der Waals surface area contributed by atoms with Crippen molar-refractivity contribution in [2.75, 3.05) is 5.32 Å². The lowest BCUT2D eigenvalue weighted by molar-refractivity contribution is 0.488. The highest BCUT2D eigenvalue weighted by molar-refractivity contribution is 14.1. The van der Waals surface area contributed by atoms with Gasteiger partial charge in [-0.1, -0.05) is 0 Å². The zero-order chi connectivity index (χ0) is 19.9. The van der Waals surface area contributed by atoms with E-state index >= 15 is 0 Å². The van der Waals surface area contributed by atoms with Crippen molar-refractivity contribution in [1.82, 2.24) is 15.2 Å². The molecule has 0 aliphatic heterocycles. The molecule has 3 aromatic rings. The Morgan fingerprint density at radius 3 is 2.48 bits per heavy atom. The van der Waals surface area contributed by atoms with Crippen molar-refractivity contribution in [3.63, 3.8) is 0 Å². The first-order valence-corrected chi connectivity index (χ1v) is 9.93. The van der Waals surface area contributed by atoms with E-state index < -0.39 is 37.9 Å². The van der Waals surface area contributed by atoms with E-state index in [0.717, 1.165) is 15.2 Å². The molecular formula is C15H12F2IN5O3S. The van der Waals surface area contributed by atoms with Crippen molar-refractivity contribution in [2.24, 2.45) is 5.14 Å². The van der Waals surface area contributed by atoms with Crippen molar-refractivity contribution in [3.05, 3.63) is 55.5 Å². The average molecular weight is 507 g/mol. The van der Waals surface area contributed by atoms with E-state index in [1.165, 1.54) is 0 Å².